The van der Waals surface area contributed by atoms with Crippen molar-refractivity contribution in [1.29, 1.82) is 0 Å². The maximum absolute atomic E-state index is 12.8. The monoisotopic (exact) mass is 424 g/mol. The number of urea groups is 1. The predicted molar refractivity (Wildman–Crippen MR) is 109 cm³/mol. The van der Waals surface area contributed by atoms with E-state index in [1.165, 1.54) is 10.4 Å². The zero-order chi connectivity index (χ0) is 21.8. The lowest BCUT2D eigenvalue weighted by molar-refractivity contribution is -0.125. The molecule has 1 fully saturated rings. The number of hydrogen-bond donors (Lipinski definition) is 2. The largest absolute Gasteiger partial charge is 0.329 e. The molecule has 1 aromatic rings. The number of carbonyl (C=O) groups is 3. The molecule has 0 aromatic heterocycles. The van der Waals surface area contributed by atoms with Crippen LogP contribution in [0.25, 0.3) is 0 Å². The number of sulfonamides is 1. The van der Waals surface area contributed by atoms with Crippen molar-refractivity contribution in [2.45, 2.75) is 45.4 Å². The second-order valence-electron chi connectivity index (χ2n) is 6.86. The fourth-order valence-corrected chi connectivity index (χ4v) is 4.68. The van der Waals surface area contributed by atoms with Crippen LogP contribution < -0.4 is 10.6 Å². The Morgan fingerprint density at radius 3 is 2.41 bits per heavy atom. The zero-order valence-electron chi connectivity index (χ0n) is 17.2. The molecule has 9 nitrogen and oxygen atoms in total. The molecule has 1 aliphatic heterocycles. The van der Waals surface area contributed by atoms with Gasteiger partial charge in [-0.3, -0.25) is 14.5 Å². The lowest BCUT2D eigenvalue weighted by atomic mass is 10.1. The number of carbonyl (C=O) groups excluding carboxylic acids is 3. The van der Waals surface area contributed by atoms with Gasteiger partial charge in [0.1, 0.15) is 0 Å². The van der Waals surface area contributed by atoms with Crippen LogP contribution in [0.1, 0.15) is 37.8 Å². The molecule has 1 aliphatic rings. The third-order valence-corrected chi connectivity index (χ3v) is 7.01. The SMILES string of the molecule is CCN(CC)S(=O)(=O)c1cc(C)c(C)c(NC(=O)CCCN2C(=O)CNC2=O)c1. The standard InChI is InChI=1S/C19H28N4O5S/c1-5-22(6-2)29(27,28)15-10-13(3)14(4)16(11-15)21-17(24)8-7-9-23-18(25)12-20-19(23)26/h10-11H,5-9,12H2,1-4H3,(H,20,26)(H,21,24). The average molecular weight is 425 g/mol. The number of nitrogens with one attached hydrogen (secondary N) is 2. The summed E-state index contributed by atoms with van der Waals surface area (Å²) in [6.45, 7) is 8.01. The van der Waals surface area contributed by atoms with Crippen LogP contribution in [-0.2, 0) is 19.6 Å². The second kappa shape index (κ2) is 9.36. The van der Waals surface area contributed by atoms with Crippen LogP contribution >= 0.6 is 0 Å². The summed E-state index contributed by atoms with van der Waals surface area (Å²) in [5, 5.41) is 5.19. The summed E-state index contributed by atoms with van der Waals surface area (Å²) in [5.41, 5.74) is 1.98. The molecule has 0 bridgehead atoms. The van der Waals surface area contributed by atoms with E-state index in [9.17, 15) is 22.8 Å². The Morgan fingerprint density at radius 2 is 1.86 bits per heavy atom. The molecule has 0 saturated carbocycles. The van der Waals surface area contributed by atoms with Gasteiger partial charge in [-0.1, -0.05) is 13.8 Å². The van der Waals surface area contributed by atoms with Gasteiger partial charge in [0.2, 0.25) is 21.8 Å². The van der Waals surface area contributed by atoms with Gasteiger partial charge in [0.25, 0.3) is 0 Å². The molecule has 0 unspecified atom stereocenters. The van der Waals surface area contributed by atoms with Gasteiger partial charge in [-0.05, 0) is 43.5 Å². The van der Waals surface area contributed by atoms with Crippen LogP contribution in [0.3, 0.4) is 0 Å². The van der Waals surface area contributed by atoms with Gasteiger partial charge in [-0.25, -0.2) is 13.2 Å². The maximum Gasteiger partial charge on any atom is 0.324 e. The number of aryl methyl sites for hydroxylation is 1. The van der Waals surface area contributed by atoms with E-state index >= 15 is 0 Å². The number of benzene rings is 1. The number of nitrogens with zero attached hydrogens (tertiary/aromatic N) is 2. The van der Waals surface area contributed by atoms with E-state index in [4.69, 9.17) is 0 Å². The van der Waals surface area contributed by atoms with Crippen molar-refractivity contribution in [2.24, 2.45) is 0 Å². The predicted octanol–water partition coefficient (Wildman–Crippen LogP) is 1.60. The molecule has 29 heavy (non-hydrogen) atoms. The summed E-state index contributed by atoms with van der Waals surface area (Å²) in [5.74, 6) is -0.617. The Morgan fingerprint density at radius 1 is 1.21 bits per heavy atom. The van der Waals surface area contributed by atoms with E-state index in [2.05, 4.69) is 10.6 Å². The quantitative estimate of drug-likeness (QED) is 0.584. The normalized spacial score (nSPS) is 14.4. The van der Waals surface area contributed by atoms with Crippen LogP contribution in [0.4, 0.5) is 10.5 Å². The topological polar surface area (TPSA) is 116 Å². The minimum absolute atomic E-state index is 0.0166. The number of amides is 4. The van der Waals surface area contributed by atoms with E-state index in [0.717, 1.165) is 16.0 Å². The molecule has 0 radical (unpaired) electrons. The highest BCUT2D eigenvalue weighted by Gasteiger charge is 2.28. The summed E-state index contributed by atoms with van der Waals surface area (Å²) in [4.78, 5) is 36.6. The first-order chi connectivity index (χ1) is 13.6. The first kappa shape index (κ1) is 22.8. The first-order valence-electron chi connectivity index (χ1n) is 9.61. The molecule has 0 aliphatic carbocycles. The van der Waals surface area contributed by atoms with Gasteiger partial charge in [-0.2, -0.15) is 4.31 Å². The Hall–Kier alpha value is -2.46. The average Bonchev–Trinajstić information content (AvgIpc) is 2.98. The van der Waals surface area contributed by atoms with Crippen molar-refractivity contribution >= 4 is 33.6 Å². The molecule has 0 spiro atoms. The summed E-state index contributed by atoms with van der Waals surface area (Å²) in [6.07, 6.45) is 0.420. The smallest absolute Gasteiger partial charge is 0.324 e. The van der Waals surface area contributed by atoms with Crippen LogP contribution in [0.5, 0.6) is 0 Å². The highest BCUT2D eigenvalue weighted by molar-refractivity contribution is 7.89. The van der Waals surface area contributed by atoms with E-state index in [1.54, 1.807) is 26.8 Å². The van der Waals surface area contributed by atoms with Crippen LogP contribution in [0.2, 0.25) is 0 Å². The van der Waals surface area contributed by atoms with Crippen molar-refractivity contribution in [2.75, 3.05) is 31.5 Å². The minimum atomic E-state index is -3.65. The van der Waals surface area contributed by atoms with Gasteiger partial charge in [-0.15, -0.1) is 0 Å². The van der Waals surface area contributed by atoms with Crippen molar-refractivity contribution in [1.82, 2.24) is 14.5 Å². The molecule has 0 atom stereocenters. The summed E-state index contributed by atoms with van der Waals surface area (Å²) >= 11 is 0. The van der Waals surface area contributed by atoms with E-state index in [1.807, 2.05) is 6.92 Å². The molecule has 1 saturated heterocycles. The number of rotatable bonds is 9. The molecule has 10 heteroatoms. The van der Waals surface area contributed by atoms with Crippen molar-refractivity contribution < 1.29 is 22.8 Å². The van der Waals surface area contributed by atoms with Gasteiger partial charge >= 0.3 is 6.03 Å². The molecule has 4 amide bonds. The van der Waals surface area contributed by atoms with Crippen molar-refractivity contribution in [3.05, 3.63) is 23.3 Å². The molecule has 160 valence electrons. The first-order valence-corrected chi connectivity index (χ1v) is 11.0. The fourth-order valence-electron chi connectivity index (χ4n) is 3.11. The minimum Gasteiger partial charge on any atom is -0.329 e. The lowest BCUT2D eigenvalue weighted by Crippen LogP contribution is -2.32. The Labute approximate surface area is 171 Å². The molecular formula is C19H28N4O5S. The number of anilines is 1. The molecule has 2 rings (SSSR count). The maximum atomic E-state index is 12.8. The van der Waals surface area contributed by atoms with Gasteiger partial charge in [0.15, 0.2) is 0 Å². The zero-order valence-corrected chi connectivity index (χ0v) is 18.1. The number of imide groups is 1. The fraction of sp³-hybridized carbons (Fsp3) is 0.526. The van der Waals surface area contributed by atoms with Crippen molar-refractivity contribution in [3.63, 3.8) is 0 Å². The highest BCUT2D eigenvalue weighted by Crippen LogP contribution is 2.26. The lowest BCUT2D eigenvalue weighted by Gasteiger charge is -2.20. The third kappa shape index (κ3) is 5.13. The van der Waals surface area contributed by atoms with Gasteiger partial charge in [0, 0.05) is 31.7 Å². The Balaban J connectivity index is 2.10. The van der Waals surface area contributed by atoms with Gasteiger partial charge < -0.3 is 10.6 Å². The summed E-state index contributed by atoms with van der Waals surface area (Å²) in [6, 6.07) is 2.64. The Kier molecular flexibility index (Phi) is 7.37. The van der Waals surface area contributed by atoms with Crippen LogP contribution in [0.15, 0.2) is 17.0 Å². The molecule has 2 N–H and O–H groups in total. The second-order valence-corrected chi connectivity index (χ2v) is 8.80. The van der Waals surface area contributed by atoms with E-state index < -0.39 is 16.1 Å². The third-order valence-electron chi connectivity index (χ3n) is 4.98. The summed E-state index contributed by atoms with van der Waals surface area (Å²) < 4.78 is 27.0. The van der Waals surface area contributed by atoms with E-state index in [-0.39, 0.29) is 36.2 Å². The molecule has 1 aromatic carbocycles. The van der Waals surface area contributed by atoms with Crippen molar-refractivity contribution in [3.8, 4) is 0 Å². The highest BCUT2D eigenvalue weighted by atomic mass is 32.2. The van der Waals surface area contributed by atoms with Gasteiger partial charge in [0.05, 0.1) is 11.4 Å². The van der Waals surface area contributed by atoms with E-state index in [0.29, 0.717) is 25.2 Å². The molecular weight excluding hydrogens is 396 g/mol. The number of hydrogen-bond acceptors (Lipinski definition) is 5. The summed E-state index contributed by atoms with van der Waals surface area (Å²) in [7, 11) is -3.65. The van der Waals surface area contributed by atoms with Crippen LogP contribution in [-0.4, -0.2) is 61.6 Å². The molecule has 1 heterocycles. The Bertz CT molecular complexity index is 893. The van der Waals surface area contributed by atoms with Crippen LogP contribution in [0, 0.1) is 13.8 Å².